The minimum atomic E-state index is -0.0146. The number of aryl methyl sites for hydroxylation is 1. The third-order valence-corrected chi connectivity index (χ3v) is 3.60. The Morgan fingerprint density at radius 1 is 1.09 bits per heavy atom. The molecule has 4 heteroatoms. The average molecular weight is 307 g/mol. The topological polar surface area (TPSA) is 52.3 Å². The van der Waals surface area contributed by atoms with Crippen LogP contribution in [0.3, 0.4) is 0 Å². The molecule has 0 bridgehead atoms. The molecule has 0 aliphatic heterocycles. The molecule has 0 saturated carbocycles. The van der Waals surface area contributed by atoms with Gasteiger partial charge in [0, 0.05) is 11.1 Å². The second kappa shape index (κ2) is 6.48. The molecular formula is C19H17NO3. The van der Waals surface area contributed by atoms with Crippen LogP contribution in [0.25, 0.3) is 11.5 Å². The number of hydrogen-bond acceptors (Lipinski definition) is 4. The lowest BCUT2D eigenvalue weighted by molar-refractivity contribution is 0.0987. The molecule has 0 aliphatic rings. The predicted molar refractivity (Wildman–Crippen MR) is 87.7 cm³/mol. The Labute approximate surface area is 134 Å². The maximum atomic E-state index is 12.3. The standard InChI is InChI=1S/C19H17NO3/c1-13-3-5-15(6-4-13)19-20-12-17(23-19)11-18(21)14-7-9-16(22-2)10-8-14/h3-10,12H,11H2,1-2H3. The van der Waals surface area contributed by atoms with Crippen LogP contribution in [0.15, 0.2) is 59.1 Å². The summed E-state index contributed by atoms with van der Waals surface area (Å²) in [7, 11) is 1.60. The lowest BCUT2D eigenvalue weighted by Crippen LogP contribution is -2.02. The zero-order valence-corrected chi connectivity index (χ0v) is 13.1. The zero-order valence-electron chi connectivity index (χ0n) is 13.1. The van der Waals surface area contributed by atoms with Gasteiger partial charge in [0.25, 0.3) is 0 Å². The summed E-state index contributed by atoms with van der Waals surface area (Å²) >= 11 is 0. The number of rotatable bonds is 5. The summed E-state index contributed by atoms with van der Waals surface area (Å²) in [4.78, 5) is 16.5. The Morgan fingerprint density at radius 2 is 1.78 bits per heavy atom. The van der Waals surface area contributed by atoms with Crippen molar-refractivity contribution in [3.63, 3.8) is 0 Å². The summed E-state index contributed by atoms with van der Waals surface area (Å²) < 4.78 is 10.8. The highest BCUT2D eigenvalue weighted by Gasteiger charge is 2.12. The molecule has 0 radical (unpaired) electrons. The van der Waals surface area contributed by atoms with Gasteiger partial charge in [-0.3, -0.25) is 4.79 Å². The van der Waals surface area contributed by atoms with Crippen molar-refractivity contribution in [3.05, 3.63) is 71.6 Å². The maximum Gasteiger partial charge on any atom is 0.226 e. The van der Waals surface area contributed by atoms with E-state index in [4.69, 9.17) is 9.15 Å². The summed E-state index contributed by atoms with van der Waals surface area (Å²) in [6, 6.07) is 14.9. The quantitative estimate of drug-likeness (QED) is 0.666. The highest BCUT2D eigenvalue weighted by molar-refractivity contribution is 5.97. The number of ether oxygens (including phenoxy) is 1. The van der Waals surface area contributed by atoms with E-state index >= 15 is 0 Å². The van der Waals surface area contributed by atoms with E-state index in [9.17, 15) is 4.79 Å². The molecule has 0 unspecified atom stereocenters. The van der Waals surface area contributed by atoms with E-state index in [2.05, 4.69) is 4.98 Å². The highest BCUT2D eigenvalue weighted by Crippen LogP contribution is 2.21. The summed E-state index contributed by atoms with van der Waals surface area (Å²) in [5.41, 5.74) is 2.70. The van der Waals surface area contributed by atoms with Gasteiger partial charge in [0.1, 0.15) is 11.5 Å². The Balaban J connectivity index is 1.73. The number of methoxy groups -OCH3 is 1. The molecule has 0 aliphatic carbocycles. The van der Waals surface area contributed by atoms with Gasteiger partial charge in [0.05, 0.1) is 19.7 Å². The fraction of sp³-hybridized carbons (Fsp3) is 0.158. The first-order valence-corrected chi connectivity index (χ1v) is 7.35. The minimum absolute atomic E-state index is 0.0146. The molecule has 1 aromatic heterocycles. The molecule has 3 rings (SSSR count). The second-order valence-electron chi connectivity index (χ2n) is 5.33. The number of benzene rings is 2. The number of nitrogens with zero attached hydrogens (tertiary/aromatic N) is 1. The van der Waals surface area contributed by atoms with Gasteiger partial charge in [0.2, 0.25) is 5.89 Å². The van der Waals surface area contributed by atoms with Gasteiger partial charge in [-0.1, -0.05) is 17.7 Å². The van der Waals surface area contributed by atoms with E-state index < -0.39 is 0 Å². The smallest absolute Gasteiger partial charge is 0.226 e. The molecule has 0 N–H and O–H groups in total. The van der Waals surface area contributed by atoms with E-state index in [1.165, 1.54) is 5.56 Å². The fourth-order valence-electron chi connectivity index (χ4n) is 2.26. The summed E-state index contributed by atoms with van der Waals surface area (Å²) in [5.74, 6) is 1.80. The monoisotopic (exact) mass is 307 g/mol. The SMILES string of the molecule is COc1ccc(C(=O)Cc2cnc(-c3ccc(C)cc3)o2)cc1. The van der Waals surface area contributed by atoms with Gasteiger partial charge in [-0.2, -0.15) is 0 Å². The van der Waals surface area contributed by atoms with Gasteiger partial charge >= 0.3 is 0 Å². The van der Waals surface area contributed by atoms with Gasteiger partial charge in [-0.15, -0.1) is 0 Å². The Bertz CT molecular complexity index is 801. The van der Waals surface area contributed by atoms with Crippen molar-refractivity contribution < 1.29 is 13.9 Å². The Morgan fingerprint density at radius 3 is 2.43 bits per heavy atom. The lowest BCUT2D eigenvalue weighted by atomic mass is 10.1. The van der Waals surface area contributed by atoms with Crippen LogP contribution in [0.5, 0.6) is 5.75 Å². The van der Waals surface area contributed by atoms with E-state index in [-0.39, 0.29) is 12.2 Å². The predicted octanol–water partition coefficient (Wildman–Crippen LogP) is 4.08. The lowest BCUT2D eigenvalue weighted by Gasteiger charge is -2.01. The molecule has 0 fully saturated rings. The molecule has 116 valence electrons. The summed E-state index contributed by atoms with van der Waals surface area (Å²) in [5, 5.41) is 0. The van der Waals surface area contributed by atoms with Gasteiger partial charge < -0.3 is 9.15 Å². The van der Waals surface area contributed by atoms with Crippen molar-refractivity contribution in [1.82, 2.24) is 4.98 Å². The number of ketones is 1. The third-order valence-electron chi connectivity index (χ3n) is 3.60. The number of carbonyl (C=O) groups excluding carboxylic acids is 1. The Hall–Kier alpha value is -2.88. The van der Waals surface area contributed by atoms with Gasteiger partial charge in [-0.05, 0) is 43.3 Å². The van der Waals surface area contributed by atoms with Crippen molar-refractivity contribution >= 4 is 5.78 Å². The van der Waals surface area contributed by atoms with Crippen molar-refractivity contribution in [2.24, 2.45) is 0 Å². The third kappa shape index (κ3) is 3.48. The van der Waals surface area contributed by atoms with E-state index in [1.54, 1.807) is 37.6 Å². The number of carbonyl (C=O) groups is 1. The van der Waals surface area contributed by atoms with E-state index in [1.807, 2.05) is 31.2 Å². The van der Waals surface area contributed by atoms with Crippen LogP contribution < -0.4 is 4.74 Å². The molecule has 0 atom stereocenters. The van der Waals surface area contributed by atoms with Gasteiger partial charge in [0.15, 0.2) is 5.78 Å². The van der Waals surface area contributed by atoms with Crippen LogP contribution in [-0.4, -0.2) is 17.9 Å². The molecule has 2 aromatic carbocycles. The number of oxazole rings is 1. The van der Waals surface area contributed by atoms with E-state index in [0.717, 1.165) is 11.3 Å². The first-order valence-electron chi connectivity index (χ1n) is 7.35. The Kier molecular flexibility index (Phi) is 4.24. The van der Waals surface area contributed by atoms with Crippen LogP contribution in [0, 0.1) is 6.92 Å². The second-order valence-corrected chi connectivity index (χ2v) is 5.33. The maximum absolute atomic E-state index is 12.3. The fourth-order valence-corrected chi connectivity index (χ4v) is 2.26. The normalized spacial score (nSPS) is 10.5. The molecule has 3 aromatic rings. The molecule has 0 saturated heterocycles. The van der Waals surface area contributed by atoms with Crippen molar-refractivity contribution in [3.8, 4) is 17.2 Å². The van der Waals surface area contributed by atoms with Crippen molar-refractivity contribution in [2.75, 3.05) is 7.11 Å². The first kappa shape index (κ1) is 15.0. The molecule has 0 amide bonds. The minimum Gasteiger partial charge on any atom is -0.497 e. The molecule has 4 nitrogen and oxygen atoms in total. The van der Waals surface area contributed by atoms with Crippen LogP contribution in [0.1, 0.15) is 21.7 Å². The molecule has 23 heavy (non-hydrogen) atoms. The van der Waals surface area contributed by atoms with Crippen LogP contribution in [-0.2, 0) is 6.42 Å². The van der Waals surface area contributed by atoms with Crippen LogP contribution in [0.2, 0.25) is 0 Å². The van der Waals surface area contributed by atoms with Crippen molar-refractivity contribution in [1.29, 1.82) is 0 Å². The van der Waals surface area contributed by atoms with Crippen LogP contribution >= 0.6 is 0 Å². The average Bonchev–Trinajstić information content (AvgIpc) is 3.04. The molecule has 1 heterocycles. The number of aromatic nitrogens is 1. The van der Waals surface area contributed by atoms with Gasteiger partial charge in [-0.25, -0.2) is 4.98 Å². The van der Waals surface area contributed by atoms with Crippen molar-refractivity contribution in [2.45, 2.75) is 13.3 Å². The number of Topliss-reactive ketones (excluding diaryl/α,β-unsaturated/α-hetero) is 1. The number of hydrogen-bond donors (Lipinski definition) is 0. The highest BCUT2D eigenvalue weighted by atomic mass is 16.5. The van der Waals surface area contributed by atoms with E-state index in [0.29, 0.717) is 17.2 Å². The summed E-state index contributed by atoms with van der Waals surface area (Å²) in [6.07, 6.45) is 1.79. The first-order chi connectivity index (χ1) is 11.2. The zero-order chi connectivity index (χ0) is 16.2. The largest absolute Gasteiger partial charge is 0.497 e. The van der Waals surface area contributed by atoms with Crippen LogP contribution in [0.4, 0.5) is 0 Å². The summed E-state index contributed by atoms with van der Waals surface area (Å²) in [6.45, 7) is 2.03. The molecular weight excluding hydrogens is 290 g/mol. The molecule has 0 spiro atoms.